The summed E-state index contributed by atoms with van der Waals surface area (Å²) in [6, 6.07) is 14.8. The lowest BCUT2D eigenvalue weighted by Gasteiger charge is -2.21. The number of aromatic nitrogens is 2. The molecule has 4 rings (SSSR count). The van der Waals surface area contributed by atoms with Gasteiger partial charge in [0.15, 0.2) is 11.2 Å². The lowest BCUT2D eigenvalue weighted by atomic mass is 10.0. The Bertz CT molecular complexity index is 1240. The normalized spacial score (nSPS) is 11.9. The molecule has 0 aliphatic heterocycles. The van der Waals surface area contributed by atoms with Gasteiger partial charge in [0.1, 0.15) is 23.2 Å². The number of amides is 1. The number of rotatable bonds is 5. The molecule has 0 spiro atoms. The predicted octanol–water partition coefficient (Wildman–Crippen LogP) is 3.05. The van der Waals surface area contributed by atoms with Crippen molar-refractivity contribution < 1.29 is 13.9 Å². The number of nitrogens with zero attached hydrogens (tertiary/aromatic N) is 2. The fourth-order valence-corrected chi connectivity index (χ4v) is 3.26. The summed E-state index contributed by atoms with van der Waals surface area (Å²) in [5.41, 5.74) is 0.819. The van der Waals surface area contributed by atoms with E-state index in [1.54, 1.807) is 43.8 Å². The van der Waals surface area contributed by atoms with Gasteiger partial charge in [-0.25, -0.2) is 4.98 Å². The minimum atomic E-state index is -0.601. The Morgan fingerprint density at radius 2 is 1.93 bits per heavy atom. The average molecular weight is 389 g/mol. The zero-order valence-corrected chi connectivity index (χ0v) is 16.0. The van der Waals surface area contributed by atoms with Crippen molar-refractivity contribution in [1.29, 1.82) is 0 Å². The molecule has 2 heterocycles. The first-order valence-corrected chi connectivity index (χ1v) is 9.02. The van der Waals surface area contributed by atoms with Gasteiger partial charge in [0.05, 0.1) is 12.5 Å². The molecular formula is C22H19N3O4. The molecule has 7 heteroatoms. The zero-order chi connectivity index (χ0) is 20.4. The number of benzene rings is 2. The van der Waals surface area contributed by atoms with Crippen LogP contribution in [-0.2, 0) is 7.05 Å². The van der Waals surface area contributed by atoms with E-state index in [-0.39, 0.29) is 11.2 Å². The SMILES string of the molecule is COc1ccccc1C(NC(=O)c1cc(=O)c2ccccc2o1)c1nccn1C. The van der Waals surface area contributed by atoms with Crippen LogP contribution in [0.3, 0.4) is 0 Å². The van der Waals surface area contributed by atoms with E-state index in [1.807, 2.05) is 35.9 Å². The van der Waals surface area contributed by atoms with Crippen molar-refractivity contribution in [2.24, 2.45) is 7.05 Å². The fraction of sp³-hybridized carbons (Fsp3) is 0.136. The molecule has 1 amide bonds. The van der Waals surface area contributed by atoms with Crippen molar-refractivity contribution in [2.75, 3.05) is 7.11 Å². The Hall–Kier alpha value is -3.87. The van der Waals surface area contributed by atoms with Crippen molar-refractivity contribution in [2.45, 2.75) is 6.04 Å². The van der Waals surface area contributed by atoms with E-state index in [1.165, 1.54) is 6.07 Å². The van der Waals surface area contributed by atoms with E-state index in [4.69, 9.17) is 9.15 Å². The predicted molar refractivity (Wildman–Crippen MR) is 108 cm³/mol. The first-order valence-electron chi connectivity index (χ1n) is 9.02. The largest absolute Gasteiger partial charge is 0.496 e. The summed E-state index contributed by atoms with van der Waals surface area (Å²) in [5.74, 6) is 0.640. The molecule has 0 saturated heterocycles. The number of para-hydroxylation sites is 2. The third-order valence-corrected chi connectivity index (χ3v) is 4.70. The summed E-state index contributed by atoms with van der Waals surface area (Å²) >= 11 is 0. The first kappa shape index (κ1) is 18.5. The maximum Gasteiger partial charge on any atom is 0.288 e. The molecule has 2 aromatic heterocycles. The van der Waals surface area contributed by atoms with Gasteiger partial charge in [0, 0.05) is 31.1 Å². The minimum absolute atomic E-state index is 0.0668. The van der Waals surface area contributed by atoms with E-state index in [0.29, 0.717) is 22.5 Å². The monoisotopic (exact) mass is 389 g/mol. The van der Waals surface area contributed by atoms with Gasteiger partial charge in [0.2, 0.25) is 0 Å². The van der Waals surface area contributed by atoms with Gasteiger partial charge >= 0.3 is 0 Å². The van der Waals surface area contributed by atoms with Crippen molar-refractivity contribution in [1.82, 2.24) is 14.9 Å². The van der Waals surface area contributed by atoms with Gasteiger partial charge in [-0.3, -0.25) is 9.59 Å². The zero-order valence-electron chi connectivity index (χ0n) is 16.0. The number of carbonyl (C=O) groups is 1. The molecule has 4 aromatic rings. The molecule has 1 atom stereocenters. The number of ether oxygens (including phenoxy) is 1. The maximum atomic E-state index is 13.0. The third-order valence-electron chi connectivity index (χ3n) is 4.70. The standard InChI is InChI=1S/C22H19N3O4/c1-25-12-11-23-21(25)20(15-8-4-5-9-17(15)28-2)24-22(27)19-13-16(26)14-7-3-6-10-18(14)29-19/h3-13,20H,1-2H3,(H,24,27). The van der Waals surface area contributed by atoms with Gasteiger partial charge in [0.25, 0.3) is 5.91 Å². The van der Waals surface area contributed by atoms with Crippen LogP contribution in [0.2, 0.25) is 0 Å². The number of methoxy groups -OCH3 is 1. The number of hydrogen-bond donors (Lipinski definition) is 1. The highest BCUT2D eigenvalue weighted by molar-refractivity contribution is 5.93. The summed E-state index contributed by atoms with van der Waals surface area (Å²) < 4.78 is 13.0. The van der Waals surface area contributed by atoms with Crippen molar-refractivity contribution in [3.8, 4) is 5.75 Å². The maximum absolute atomic E-state index is 13.0. The molecule has 0 aliphatic rings. The second-order valence-electron chi connectivity index (χ2n) is 6.52. The molecule has 0 fully saturated rings. The van der Waals surface area contributed by atoms with Crippen LogP contribution in [0.15, 0.2) is 76.2 Å². The van der Waals surface area contributed by atoms with E-state index < -0.39 is 11.9 Å². The van der Waals surface area contributed by atoms with E-state index in [2.05, 4.69) is 10.3 Å². The van der Waals surface area contributed by atoms with E-state index >= 15 is 0 Å². The topological polar surface area (TPSA) is 86.4 Å². The minimum Gasteiger partial charge on any atom is -0.496 e. The second kappa shape index (κ2) is 7.63. The molecule has 7 nitrogen and oxygen atoms in total. The van der Waals surface area contributed by atoms with Gasteiger partial charge in [-0.15, -0.1) is 0 Å². The molecular weight excluding hydrogens is 370 g/mol. The summed E-state index contributed by atoms with van der Waals surface area (Å²) in [6.07, 6.45) is 3.44. The van der Waals surface area contributed by atoms with Gasteiger partial charge in [-0.05, 0) is 18.2 Å². The van der Waals surface area contributed by atoms with Crippen molar-refractivity contribution >= 4 is 16.9 Å². The van der Waals surface area contributed by atoms with Crippen LogP contribution in [-0.4, -0.2) is 22.6 Å². The molecule has 29 heavy (non-hydrogen) atoms. The molecule has 1 N–H and O–H groups in total. The second-order valence-corrected chi connectivity index (χ2v) is 6.52. The summed E-state index contributed by atoms with van der Waals surface area (Å²) in [4.78, 5) is 29.8. The van der Waals surface area contributed by atoms with Crippen molar-refractivity contribution in [3.05, 3.63) is 94.4 Å². The quantitative estimate of drug-likeness (QED) is 0.567. The fourth-order valence-electron chi connectivity index (χ4n) is 3.26. The van der Waals surface area contributed by atoms with Crippen LogP contribution >= 0.6 is 0 Å². The van der Waals surface area contributed by atoms with Crippen molar-refractivity contribution in [3.63, 3.8) is 0 Å². The smallest absolute Gasteiger partial charge is 0.288 e. The average Bonchev–Trinajstić information content (AvgIpc) is 3.17. The Balaban J connectivity index is 1.76. The van der Waals surface area contributed by atoms with Crippen LogP contribution in [0.1, 0.15) is 28.0 Å². The van der Waals surface area contributed by atoms with Gasteiger partial charge in [-0.1, -0.05) is 30.3 Å². The van der Waals surface area contributed by atoms with Gasteiger partial charge in [-0.2, -0.15) is 0 Å². The summed E-state index contributed by atoms with van der Waals surface area (Å²) in [6.45, 7) is 0. The molecule has 1 unspecified atom stereocenters. The number of fused-ring (bicyclic) bond motifs is 1. The highest BCUT2D eigenvalue weighted by Crippen LogP contribution is 2.29. The first-order chi connectivity index (χ1) is 14.1. The van der Waals surface area contributed by atoms with Crippen LogP contribution < -0.4 is 15.5 Å². The number of imidazole rings is 1. The van der Waals surface area contributed by atoms with Crippen LogP contribution in [0.4, 0.5) is 0 Å². The summed E-state index contributed by atoms with van der Waals surface area (Å²) in [7, 11) is 3.41. The molecule has 0 bridgehead atoms. The number of carbonyl (C=O) groups excluding carboxylic acids is 1. The molecule has 0 radical (unpaired) electrons. The van der Waals surface area contributed by atoms with Gasteiger partial charge < -0.3 is 19.0 Å². The lowest BCUT2D eigenvalue weighted by Crippen LogP contribution is -2.32. The number of nitrogens with one attached hydrogen (secondary N) is 1. The Kier molecular flexibility index (Phi) is 4.87. The highest BCUT2D eigenvalue weighted by Gasteiger charge is 2.25. The molecule has 2 aromatic carbocycles. The Morgan fingerprint density at radius 1 is 1.17 bits per heavy atom. The molecule has 0 saturated carbocycles. The summed E-state index contributed by atoms with van der Waals surface area (Å²) in [5, 5.41) is 3.35. The number of aryl methyl sites for hydroxylation is 1. The van der Waals surface area contributed by atoms with Crippen LogP contribution in [0.5, 0.6) is 5.75 Å². The highest BCUT2D eigenvalue weighted by atomic mass is 16.5. The Labute approximate surface area is 166 Å². The molecule has 146 valence electrons. The number of hydrogen-bond acceptors (Lipinski definition) is 5. The van der Waals surface area contributed by atoms with E-state index in [0.717, 1.165) is 5.56 Å². The van der Waals surface area contributed by atoms with Crippen LogP contribution in [0, 0.1) is 0 Å². The Morgan fingerprint density at radius 3 is 2.69 bits per heavy atom. The molecule has 0 aliphatic carbocycles. The third kappa shape index (κ3) is 3.50. The lowest BCUT2D eigenvalue weighted by molar-refractivity contribution is 0.0913. The van der Waals surface area contributed by atoms with Crippen LogP contribution in [0.25, 0.3) is 11.0 Å². The van der Waals surface area contributed by atoms with E-state index in [9.17, 15) is 9.59 Å².